The summed E-state index contributed by atoms with van der Waals surface area (Å²) >= 11 is 0. The molecule has 2 rings (SSSR count). The van der Waals surface area contributed by atoms with Crippen LogP contribution in [0.4, 0.5) is 0 Å². The summed E-state index contributed by atoms with van der Waals surface area (Å²) < 4.78 is 0. The maximum absolute atomic E-state index is 9.03. The van der Waals surface area contributed by atoms with Gasteiger partial charge in [0.05, 0.1) is 6.61 Å². The molecule has 0 saturated carbocycles. The molecule has 1 aromatic rings. The van der Waals surface area contributed by atoms with E-state index in [-0.39, 0.29) is 6.61 Å². The average Bonchev–Trinajstić information content (AvgIpc) is 2.40. The van der Waals surface area contributed by atoms with Crippen molar-refractivity contribution in [2.45, 2.75) is 32.0 Å². The number of aliphatic hydroxyl groups is 1. The minimum Gasteiger partial charge on any atom is -0.392 e. The molecule has 1 aliphatic heterocycles. The van der Waals surface area contributed by atoms with Crippen LogP contribution in [-0.4, -0.2) is 48.1 Å². The number of benzene rings is 1. The quantitative estimate of drug-likeness (QED) is 0.878. The van der Waals surface area contributed by atoms with Gasteiger partial charge in [-0.15, -0.1) is 0 Å². The molecule has 1 heterocycles. The van der Waals surface area contributed by atoms with Crippen LogP contribution in [0.25, 0.3) is 0 Å². The van der Waals surface area contributed by atoms with Crippen molar-refractivity contribution in [3.63, 3.8) is 0 Å². The lowest BCUT2D eigenvalue weighted by atomic mass is 10.0. The first-order valence-electron chi connectivity index (χ1n) is 6.76. The Kier molecular flexibility index (Phi) is 4.75. The minimum absolute atomic E-state index is 0.132. The highest BCUT2D eigenvalue weighted by Crippen LogP contribution is 2.16. The molecule has 1 aliphatic rings. The van der Waals surface area contributed by atoms with Gasteiger partial charge in [-0.05, 0) is 44.6 Å². The van der Waals surface area contributed by atoms with Gasteiger partial charge in [0.15, 0.2) is 0 Å². The van der Waals surface area contributed by atoms with Crippen LogP contribution >= 0.6 is 0 Å². The van der Waals surface area contributed by atoms with Crippen LogP contribution in [0.3, 0.4) is 0 Å². The summed E-state index contributed by atoms with van der Waals surface area (Å²) in [7, 11) is 4.34. The zero-order chi connectivity index (χ0) is 13.0. The Labute approximate surface area is 110 Å². The predicted molar refractivity (Wildman–Crippen MR) is 74.4 cm³/mol. The molecule has 1 unspecified atom stereocenters. The van der Waals surface area contributed by atoms with Crippen molar-refractivity contribution in [1.29, 1.82) is 0 Å². The maximum atomic E-state index is 9.03. The molecule has 1 aromatic carbocycles. The molecule has 1 saturated heterocycles. The van der Waals surface area contributed by atoms with Gasteiger partial charge in [-0.1, -0.05) is 24.3 Å². The van der Waals surface area contributed by atoms with E-state index in [1.807, 2.05) is 12.1 Å². The van der Waals surface area contributed by atoms with E-state index in [0.717, 1.165) is 18.7 Å². The van der Waals surface area contributed by atoms with Crippen LogP contribution in [0.2, 0.25) is 0 Å². The zero-order valence-corrected chi connectivity index (χ0v) is 11.5. The van der Waals surface area contributed by atoms with Crippen molar-refractivity contribution < 1.29 is 5.11 Å². The average molecular weight is 248 g/mol. The van der Waals surface area contributed by atoms with Gasteiger partial charge >= 0.3 is 0 Å². The van der Waals surface area contributed by atoms with E-state index >= 15 is 0 Å². The number of likely N-dealkylation sites (tertiary alicyclic amines) is 1. The first kappa shape index (κ1) is 13.5. The van der Waals surface area contributed by atoms with Crippen LogP contribution in [0, 0.1) is 0 Å². The lowest BCUT2D eigenvalue weighted by Crippen LogP contribution is -2.44. The number of hydrogen-bond acceptors (Lipinski definition) is 3. The third-order valence-electron chi connectivity index (χ3n) is 3.82. The molecule has 1 fully saturated rings. The second-order valence-electron chi connectivity index (χ2n) is 5.47. The Morgan fingerprint density at radius 3 is 2.50 bits per heavy atom. The van der Waals surface area contributed by atoms with E-state index in [9.17, 15) is 0 Å². The van der Waals surface area contributed by atoms with E-state index < -0.39 is 0 Å². The molecular weight excluding hydrogens is 224 g/mol. The SMILES string of the molecule is CN(C)C1CCCN(Cc2ccc(CO)cc2)C1. The van der Waals surface area contributed by atoms with Crippen molar-refractivity contribution >= 4 is 0 Å². The van der Waals surface area contributed by atoms with Crippen LogP contribution in [0.5, 0.6) is 0 Å². The molecule has 3 heteroatoms. The summed E-state index contributed by atoms with van der Waals surface area (Å²) in [4.78, 5) is 4.86. The molecule has 1 N–H and O–H groups in total. The Morgan fingerprint density at radius 1 is 1.22 bits per heavy atom. The topological polar surface area (TPSA) is 26.7 Å². The summed E-state index contributed by atoms with van der Waals surface area (Å²) in [5.41, 5.74) is 2.33. The van der Waals surface area contributed by atoms with E-state index in [4.69, 9.17) is 5.11 Å². The number of likely N-dealkylation sites (N-methyl/N-ethyl adjacent to an activating group) is 1. The molecule has 0 aromatic heterocycles. The van der Waals surface area contributed by atoms with Gasteiger partial charge in [-0.25, -0.2) is 0 Å². The Morgan fingerprint density at radius 2 is 1.89 bits per heavy atom. The predicted octanol–water partition coefficient (Wildman–Crippen LogP) is 1.70. The largest absolute Gasteiger partial charge is 0.392 e. The van der Waals surface area contributed by atoms with Crippen LogP contribution in [0.15, 0.2) is 24.3 Å². The summed E-state index contributed by atoms with van der Waals surface area (Å²) in [5.74, 6) is 0. The van der Waals surface area contributed by atoms with Crippen molar-refractivity contribution in [3.05, 3.63) is 35.4 Å². The molecule has 1 atom stereocenters. The van der Waals surface area contributed by atoms with Crippen molar-refractivity contribution in [1.82, 2.24) is 9.80 Å². The summed E-state index contributed by atoms with van der Waals surface area (Å²) in [6.07, 6.45) is 2.60. The van der Waals surface area contributed by atoms with Crippen LogP contribution in [-0.2, 0) is 13.2 Å². The summed E-state index contributed by atoms with van der Waals surface area (Å²) in [6, 6.07) is 8.98. The van der Waals surface area contributed by atoms with Crippen molar-refractivity contribution in [3.8, 4) is 0 Å². The molecule has 18 heavy (non-hydrogen) atoms. The second-order valence-corrected chi connectivity index (χ2v) is 5.47. The highest BCUT2D eigenvalue weighted by molar-refractivity contribution is 5.21. The standard InChI is InChI=1S/C15H24N2O/c1-16(2)15-4-3-9-17(11-15)10-13-5-7-14(12-18)8-6-13/h5-8,15,18H,3-4,9-12H2,1-2H3. The van der Waals surface area contributed by atoms with E-state index in [0.29, 0.717) is 6.04 Å². The number of rotatable bonds is 4. The molecular formula is C15H24N2O. The summed E-state index contributed by atoms with van der Waals surface area (Å²) in [5, 5.41) is 9.03. The number of aliphatic hydroxyl groups excluding tert-OH is 1. The van der Waals surface area contributed by atoms with Gasteiger partial charge < -0.3 is 10.0 Å². The minimum atomic E-state index is 0.132. The molecule has 100 valence electrons. The molecule has 0 bridgehead atoms. The fourth-order valence-electron chi connectivity index (χ4n) is 2.60. The van der Waals surface area contributed by atoms with Gasteiger partial charge in [-0.2, -0.15) is 0 Å². The highest BCUT2D eigenvalue weighted by atomic mass is 16.3. The maximum Gasteiger partial charge on any atom is 0.0681 e. The molecule has 0 radical (unpaired) electrons. The van der Waals surface area contributed by atoms with Gasteiger partial charge in [0.2, 0.25) is 0 Å². The smallest absolute Gasteiger partial charge is 0.0681 e. The van der Waals surface area contributed by atoms with E-state index in [1.165, 1.54) is 24.9 Å². The number of nitrogens with zero attached hydrogens (tertiary/aromatic N) is 2. The summed E-state index contributed by atoms with van der Waals surface area (Å²) in [6.45, 7) is 3.52. The number of piperidine rings is 1. The third-order valence-corrected chi connectivity index (χ3v) is 3.82. The second kappa shape index (κ2) is 6.32. The van der Waals surface area contributed by atoms with Crippen molar-refractivity contribution in [2.75, 3.05) is 27.2 Å². The lowest BCUT2D eigenvalue weighted by molar-refractivity contribution is 0.128. The number of hydrogen-bond donors (Lipinski definition) is 1. The molecule has 0 amide bonds. The Balaban J connectivity index is 1.91. The van der Waals surface area contributed by atoms with Crippen LogP contribution < -0.4 is 0 Å². The van der Waals surface area contributed by atoms with Gasteiger partial charge in [0.25, 0.3) is 0 Å². The zero-order valence-electron chi connectivity index (χ0n) is 11.5. The molecule has 3 nitrogen and oxygen atoms in total. The Hall–Kier alpha value is -0.900. The normalized spacial score (nSPS) is 21.4. The molecule has 0 spiro atoms. The van der Waals surface area contributed by atoms with E-state index in [2.05, 4.69) is 36.0 Å². The highest BCUT2D eigenvalue weighted by Gasteiger charge is 2.21. The third kappa shape index (κ3) is 3.55. The van der Waals surface area contributed by atoms with Crippen molar-refractivity contribution in [2.24, 2.45) is 0 Å². The first-order valence-corrected chi connectivity index (χ1v) is 6.76. The first-order chi connectivity index (χ1) is 8.69. The fourth-order valence-corrected chi connectivity index (χ4v) is 2.60. The lowest BCUT2D eigenvalue weighted by Gasteiger charge is -2.36. The Bertz CT molecular complexity index is 361. The fraction of sp³-hybridized carbons (Fsp3) is 0.600. The van der Waals surface area contributed by atoms with Gasteiger partial charge in [0, 0.05) is 19.1 Å². The van der Waals surface area contributed by atoms with E-state index in [1.54, 1.807) is 0 Å². The molecule has 0 aliphatic carbocycles. The van der Waals surface area contributed by atoms with Gasteiger partial charge in [0.1, 0.15) is 0 Å². The monoisotopic (exact) mass is 248 g/mol. The van der Waals surface area contributed by atoms with Crippen LogP contribution in [0.1, 0.15) is 24.0 Å². The van der Waals surface area contributed by atoms with Gasteiger partial charge in [-0.3, -0.25) is 4.90 Å².